The van der Waals surface area contributed by atoms with Gasteiger partial charge in [0.05, 0.1) is 36.2 Å². The number of esters is 3. The fourth-order valence-electron chi connectivity index (χ4n) is 4.14. The number of pyridine rings is 2. The van der Waals surface area contributed by atoms with Crippen molar-refractivity contribution >= 4 is 80.7 Å². The molecule has 1 aliphatic heterocycles. The van der Waals surface area contributed by atoms with Crippen LogP contribution in [0, 0.1) is 13.8 Å². The van der Waals surface area contributed by atoms with Gasteiger partial charge in [0.1, 0.15) is 9.75 Å². The lowest BCUT2D eigenvalue weighted by atomic mass is 10.1. The lowest BCUT2D eigenvalue weighted by Gasteiger charge is -2.12. The topological polar surface area (TPSA) is 154 Å². The molecular formula is C35H46ClN3O8S3. The van der Waals surface area contributed by atoms with Gasteiger partial charge in [-0.3, -0.25) is 19.6 Å². The normalized spacial score (nSPS) is 11.0. The van der Waals surface area contributed by atoms with Crippen molar-refractivity contribution in [2.24, 2.45) is 0 Å². The Morgan fingerprint density at radius 1 is 0.900 bits per heavy atom. The summed E-state index contributed by atoms with van der Waals surface area (Å²) in [7, 11) is 0. The quantitative estimate of drug-likeness (QED) is 0.0766. The number of fused-ring (bicyclic) bond motifs is 2. The molecule has 0 saturated heterocycles. The Hall–Kier alpha value is -3.40. The van der Waals surface area contributed by atoms with Crippen LogP contribution in [0.2, 0.25) is 5.02 Å². The molecule has 0 aliphatic carbocycles. The summed E-state index contributed by atoms with van der Waals surface area (Å²) in [4.78, 5) is 54.7. The molecule has 15 heteroatoms. The fraction of sp³-hybridized carbons (Fsp3) is 0.429. The predicted octanol–water partition coefficient (Wildman–Crippen LogP) is 7.08. The van der Waals surface area contributed by atoms with E-state index in [-0.39, 0.29) is 36.1 Å². The summed E-state index contributed by atoms with van der Waals surface area (Å²) < 4.78 is 15.6. The number of nitrogens with zero attached hydrogens (tertiary/aromatic N) is 2. The number of hydrogen-bond acceptors (Lipinski definition) is 14. The number of ketones is 1. The van der Waals surface area contributed by atoms with Crippen molar-refractivity contribution in [3.05, 3.63) is 78.8 Å². The van der Waals surface area contributed by atoms with Crippen molar-refractivity contribution in [3.63, 3.8) is 0 Å². The van der Waals surface area contributed by atoms with Crippen LogP contribution in [0.1, 0.15) is 85.9 Å². The van der Waals surface area contributed by atoms with E-state index in [0.29, 0.717) is 35.3 Å². The monoisotopic (exact) mass is 767 g/mol. The number of carbonyl (C=O) groups excluding carboxylic acids is 4. The number of Topliss-reactive ketones (excluding diaryl/α,β-unsaturated/α-hetero) is 1. The fourth-order valence-corrected chi connectivity index (χ4v) is 6.76. The number of halogens is 1. The van der Waals surface area contributed by atoms with Crippen LogP contribution in [0.15, 0.2) is 36.9 Å². The molecule has 4 aromatic heterocycles. The summed E-state index contributed by atoms with van der Waals surface area (Å²) in [5.74, 6) is -0.553. The first kappa shape index (κ1) is 44.6. The zero-order valence-corrected chi connectivity index (χ0v) is 32.7. The first-order chi connectivity index (χ1) is 23.9. The third kappa shape index (κ3) is 14.4. The van der Waals surface area contributed by atoms with E-state index in [1.807, 2.05) is 33.8 Å². The average molecular weight is 768 g/mol. The Labute approximate surface area is 312 Å². The highest BCUT2D eigenvalue weighted by atomic mass is 35.5. The highest BCUT2D eigenvalue weighted by Gasteiger charge is 2.22. The number of aliphatic hydroxyl groups excluding tert-OH is 1. The van der Waals surface area contributed by atoms with Crippen molar-refractivity contribution in [2.45, 2.75) is 61.4 Å². The Kier molecular flexibility index (Phi) is 22.0. The second-order valence-corrected chi connectivity index (χ2v) is 12.8. The molecule has 0 bridgehead atoms. The summed E-state index contributed by atoms with van der Waals surface area (Å²) in [6.07, 6.45) is 7.55. The summed E-state index contributed by atoms with van der Waals surface area (Å²) in [5, 5.41) is 12.4. The van der Waals surface area contributed by atoms with Crippen LogP contribution < -0.4 is 5.32 Å². The van der Waals surface area contributed by atoms with E-state index in [1.54, 1.807) is 49.8 Å². The first-order valence-electron chi connectivity index (χ1n) is 15.9. The molecule has 50 heavy (non-hydrogen) atoms. The molecule has 0 fully saturated rings. The maximum Gasteiger partial charge on any atom is 0.348 e. The molecule has 0 saturated carbocycles. The molecule has 4 aromatic rings. The van der Waals surface area contributed by atoms with Gasteiger partial charge < -0.3 is 24.6 Å². The van der Waals surface area contributed by atoms with Gasteiger partial charge in [-0.25, -0.2) is 9.59 Å². The van der Waals surface area contributed by atoms with Gasteiger partial charge in [-0.15, -0.1) is 22.7 Å². The number of ether oxygens (including phenoxy) is 3. The van der Waals surface area contributed by atoms with Gasteiger partial charge in [-0.05, 0) is 83.7 Å². The van der Waals surface area contributed by atoms with E-state index in [2.05, 4.69) is 32.7 Å². The first-order valence-corrected chi connectivity index (χ1v) is 18.5. The number of hydrogen-bond donors (Lipinski definition) is 3. The Morgan fingerprint density at radius 3 is 1.92 bits per heavy atom. The summed E-state index contributed by atoms with van der Waals surface area (Å²) >= 11 is 12.4. The molecule has 1 aliphatic rings. The number of rotatable bonds is 7. The van der Waals surface area contributed by atoms with Gasteiger partial charge in [0.25, 0.3) is 0 Å². The van der Waals surface area contributed by atoms with Gasteiger partial charge in [-0.1, -0.05) is 11.6 Å². The van der Waals surface area contributed by atoms with Crippen LogP contribution in [-0.4, -0.2) is 77.5 Å². The maximum atomic E-state index is 11.7. The number of aromatic nitrogens is 2. The van der Waals surface area contributed by atoms with Gasteiger partial charge >= 0.3 is 17.9 Å². The predicted molar refractivity (Wildman–Crippen MR) is 203 cm³/mol. The van der Waals surface area contributed by atoms with Crippen LogP contribution in [-0.2, 0) is 32.0 Å². The molecule has 0 spiro atoms. The Balaban J connectivity index is 0.000000337. The van der Waals surface area contributed by atoms with Crippen molar-refractivity contribution in [2.75, 3.05) is 38.7 Å². The van der Waals surface area contributed by atoms with Crippen molar-refractivity contribution in [1.29, 1.82) is 0 Å². The zero-order chi connectivity index (χ0) is 37.6. The highest BCUT2D eigenvalue weighted by Crippen LogP contribution is 2.31. The number of thiol groups is 1. The van der Waals surface area contributed by atoms with E-state index >= 15 is 0 Å². The minimum absolute atomic E-state index is 0.0573. The highest BCUT2D eigenvalue weighted by molar-refractivity contribution is 7.81. The lowest BCUT2D eigenvalue weighted by molar-refractivity contribution is -0.139. The van der Waals surface area contributed by atoms with Crippen LogP contribution in [0.4, 0.5) is 0 Å². The van der Waals surface area contributed by atoms with E-state index < -0.39 is 0 Å². The number of aliphatic hydroxyl groups is 1. The second kappa shape index (κ2) is 24.7. The summed E-state index contributed by atoms with van der Waals surface area (Å²) in [6.45, 7) is 15.9. The number of aryl methyl sites for hydroxylation is 1. The van der Waals surface area contributed by atoms with Gasteiger partial charge in [0.2, 0.25) is 0 Å². The Morgan fingerprint density at radius 2 is 1.46 bits per heavy atom. The van der Waals surface area contributed by atoms with E-state index in [9.17, 15) is 19.2 Å². The molecule has 2 N–H and O–H groups in total. The van der Waals surface area contributed by atoms with E-state index in [1.165, 1.54) is 34.9 Å². The summed E-state index contributed by atoms with van der Waals surface area (Å²) in [5.41, 5.74) is 3.83. The third-order valence-electron chi connectivity index (χ3n) is 6.43. The minimum Gasteiger partial charge on any atom is -0.465 e. The van der Waals surface area contributed by atoms with Crippen LogP contribution in [0.5, 0.6) is 0 Å². The molecule has 0 radical (unpaired) electrons. The SMILES string of the molecule is CC(=O)c1cnccc1Cl.CCO.CCOC(=O)CS.CCOC(=O)c1sc2c(c1C)CNCC2.CCOC(=O)c1sc2ccncc2c1C. The zero-order valence-electron chi connectivity index (χ0n) is 29.5. The van der Waals surface area contributed by atoms with Crippen LogP contribution in [0.3, 0.4) is 0 Å². The molecule has 0 amide bonds. The second-order valence-electron chi connectivity index (χ2n) is 9.94. The molecule has 0 aromatic carbocycles. The van der Waals surface area contributed by atoms with E-state index in [4.69, 9.17) is 26.2 Å². The molecular weight excluding hydrogens is 722 g/mol. The largest absolute Gasteiger partial charge is 0.465 e. The molecule has 0 atom stereocenters. The van der Waals surface area contributed by atoms with Gasteiger partial charge in [-0.2, -0.15) is 12.6 Å². The van der Waals surface area contributed by atoms with Crippen molar-refractivity contribution in [1.82, 2.24) is 15.3 Å². The number of nitrogens with one attached hydrogen (secondary N) is 1. The number of carbonyl (C=O) groups is 4. The van der Waals surface area contributed by atoms with E-state index in [0.717, 1.165) is 45.6 Å². The lowest BCUT2D eigenvalue weighted by Crippen LogP contribution is -2.22. The van der Waals surface area contributed by atoms with Crippen LogP contribution in [0.25, 0.3) is 10.1 Å². The molecule has 274 valence electrons. The van der Waals surface area contributed by atoms with Gasteiger partial charge in [0, 0.05) is 59.4 Å². The van der Waals surface area contributed by atoms with Gasteiger partial charge in [0.15, 0.2) is 5.78 Å². The minimum atomic E-state index is -0.258. The Bertz CT molecular complexity index is 1680. The molecule has 5 rings (SSSR count). The average Bonchev–Trinajstić information content (AvgIpc) is 3.63. The van der Waals surface area contributed by atoms with Crippen molar-refractivity contribution in [3.8, 4) is 0 Å². The van der Waals surface area contributed by atoms with Crippen LogP contribution >= 0.6 is 46.9 Å². The smallest absolute Gasteiger partial charge is 0.348 e. The molecule has 5 heterocycles. The third-order valence-corrected chi connectivity index (χ3v) is 9.64. The molecule has 0 unspecified atom stereocenters. The standard InChI is InChI=1S/C11H15NO2S.C11H11NO2S.C7H6ClNO.C4H8O2S.C2H6O/c2*1-3-14-11(13)10-7(2)8-6-12-5-4-9(8)15-10;1-5(10)6-4-9-3-2-7(6)8;1-2-6-4(5)3-7;1-2-3/h12H,3-6H2,1-2H3;4-6H,3H2,1-2H3;2-4H,1H3;7H,2-3H2,1H3;3H,2H2,1H3. The molecule has 11 nitrogen and oxygen atoms in total. The number of thiophene rings is 2. The summed E-state index contributed by atoms with van der Waals surface area (Å²) in [6, 6.07) is 3.51. The van der Waals surface area contributed by atoms with Crippen molar-refractivity contribution < 1.29 is 38.5 Å². The maximum absolute atomic E-state index is 11.7.